The highest BCUT2D eigenvalue weighted by Gasteiger charge is 2.12. The van der Waals surface area contributed by atoms with Gasteiger partial charge in [0.25, 0.3) is 0 Å². The first-order valence-electron chi connectivity index (χ1n) is 4.92. The van der Waals surface area contributed by atoms with E-state index >= 15 is 0 Å². The summed E-state index contributed by atoms with van der Waals surface area (Å²) in [6.07, 6.45) is 0. The Hall–Kier alpha value is -1.77. The Balaban J connectivity index is 2.72. The van der Waals surface area contributed by atoms with Crippen molar-refractivity contribution >= 4 is 10.9 Å². The van der Waals surface area contributed by atoms with Crippen molar-refractivity contribution in [3.63, 3.8) is 0 Å². The zero-order valence-electron chi connectivity index (χ0n) is 8.95. The number of benzene rings is 1. The lowest BCUT2D eigenvalue weighted by Crippen LogP contribution is -2.05. The molecule has 0 fully saturated rings. The molecule has 2 aromatic rings. The van der Waals surface area contributed by atoms with Gasteiger partial charge >= 0.3 is 0 Å². The number of fused-ring (bicyclic) bond motifs is 1. The van der Waals surface area contributed by atoms with E-state index in [2.05, 4.69) is 6.58 Å². The van der Waals surface area contributed by atoms with E-state index in [0.29, 0.717) is 0 Å². The van der Waals surface area contributed by atoms with Gasteiger partial charge in [-0.05, 0) is 26.0 Å². The maximum absolute atomic E-state index is 7.70. The van der Waals surface area contributed by atoms with Gasteiger partial charge in [-0.25, -0.2) is 4.74 Å². The molecule has 0 amide bonds. The van der Waals surface area contributed by atoms with Crippen LogP contribution in [0, 0.1) is 5.41 Å². The molecule has 1 aromatic heterocycles. The molecule has 0 spiro atoms. The lowest BCUT2D eigenvalue weighted by molar-refractivity contribution is 0.234. The SMILES string of the molecule is C=C(C)C(C)n1oc(=N)c2ccccc21. The topological polar surface area (TPSA) is 41.9 Å². The number of hydrogen-bond donors (Lipinski definition) is 1. The fourth-order valence-corrected chi connectivity index (χ4v) is 1.54. The molecule has 1 heterocycles. The minimum absolute atomic E-state index is 0.0778. The van der Waals surface area contributed by atoms with Gasteiger partial charge in [-0.2, -0.15) is 0 Å². The van der Waals surface area contributed by atoms with Gasteiger partial charge in [0, 0.05) is 0 Å². The summed E-state index contributed by atoms with van der Waals surface area (Å²) in [6.45, 7) is 7.87. The second-order valence-corrected chi connectivity index (χ2v) is 3.79. The van der Waals surface area contributed by atoms with E-state index in [1.165, 1.54) is 0 Å². The normalized spacial score (nSPS) is 12.9. The van der Waals surface area contributed by atoms with Crippen molar-refractivity contribution in [1.82, 2.24) is 4.74 Å². The first-order chi connectivity index (χ1) is 7.11. The van der Waals surface area contributed by atoms with Crippen LogP contribution in [0.1, 0.15) is 19.9 Å². The number of allylic oxidation sites excluding steroid dienone is 1. The number of nitrogens with zero attached hydrogens (tertiary/aromatic N) is 1. The summed E-state index contributed by atoms with van der Waals surface area (Å²) >= 11 is 0. The molecule has 0 aliphatic carbocycles. The average molecular weight is 202 g/mol. The predicted octanol–water partition coefficient (Wildman–Crippen LogP) is 2.85. The van der Waals surface area contributed by atoms with Crippen LogP contribution in [-0.2, 0) is 0 Å². The second-order valence-electron chi connectivity index (χ2n) is 3.79. The fourth-order valence-electron chi connectivity index (χ4n) is 1.54. The van der Waals surface area contributed by atoms with Gasteiger partial charge in [0.15, 0.2) is 0 Å². The van der Waals surface area contributed by atoms with E-state index in [9.17, 15) is 0 Å². The molecule has 0 bridgehead atoms. The monoisotopic (exact) mass is 202 g/mol. The molecular formula is C12H14N2O. The van der Waals surface area contributed by atoms with Crippen molar-refractivity contribution in [3.8, 4) is 0 Å². The van der Waals surface area contributed by atoms with Crippen LogP contribution in [-0.4, -0.2) is 4.74 Å². The van der Waals surface area contributed by atoms with Crippen LogP contribution in [0.2, 0.25) is 0 Å². The summed E-state index contributed by atoms with van der Waals surface area (Å²) in [5.41, 5.74) is 2.16. The highest BCUT2D eigenvalue weighted by molar-refractivity contribution is 5.77. The zero-order chi connectivity index (χ0) is 11.0. The van der Waals surface area contributed by atoms with Crippen molar-refractivity contribution < 1.29 is 4.52 Å². The molecular weight excluding hydrogens is 188 g/mol. The summed E-state index contributed by atoms with van der Waals surface area (Å²) in [4.78, 5) is 0. The van der Waals surface area contributed by atoms with Crippen LogP contribution in [0.15, 0.2) is 40.9 Å². The van der Waals surface area contributed by atoms with E-state index in [-0.39, 0.29) is 11.6 Å². The van der Waals surface area contributed by atoms with E-state index in [1.54, 1.807) is 4.74 Å². The quantitative estimate of drug-likeness (QED) is 0.747. The van der Waals surface area contributed by atoms with Crippen LogP contribution in [0.3, 0.4) is 0 Å². The molecule has 3 heteroatoms. The van der Waals surface area contributed by atoms with Gasteiger partial charge in [-0.1, -0.05) is 24.3 Å². The molecule has 0 saturated carbocycles. The van der Waals surface area contributed by atoms with Crippen molar-refractivity contribution in [3.05, 3.63) is 42.0 Å². The van der Waals surface area contributed by atoms with Crippen LogP contribution in [0.25, 0.3) is 10.9 Å². The Morgan fingerprint density at radius 3 is 2.80 bits per heavy atom. The molecule has 78 valence electrons. The molecule has 0 aliphatic rings. The van der Waals surface area contributed by atoms with Crippen molar-refractivity contribution in [2.75, 3.05) is 0 Å². The third kappa shape index (κ3) is 1.50. The summed E-state index contributed by atoms with van der Waals surface area (Å²) < 4.78 is 7.15. The summed E-state index contributed by atoms with van der Waals surface area (Å²) in [6, 6.07) is 7.78. The van der Waals surface area contributed by atoms with Gasteiger partial charge in [0.1, 0.15) is 0 Å². The first kappa shape index (κ1) is 9.77. The number of hydrogen-bond acceptors (Lipinski definition) is 2. The largest absolute Gasteiger partial charge is 0.358 e. The average Bonchev–Trinajstić information content (AvgIpc) is 2.56. The van der Waals surface area contributed by atoms with Gasteiger partial charge < -0.3 is 4.52 Å². The van der Waals surface area contributed by atoms with Crippen molar-refractivity contribution in [1.29, 1.82) is 5.41 Å². The van der Waals surface area contributed by atoms with E-state index in [1.807, 2.05) is 38.1 Å². The van der Waals surface area contributed by atoms with Crippen LogP contribution >= 0.6 is 0 Å². The fraction of sp³-hybridized carbons (Fsp3) is 0.250. The molecule has 2 rings (SSSR count). The Morgan fingerprint density at radius 2 is 2.13 bits per heavy atom. The van der Waals surface area contributed by atoms with Gasteiger partial charge in [0.05, 0.1) is 16.9 Å². The Labute approximate surface area is 88.1 Å². The molecule has 0 aliphatic heterocycles. The molecule has 3 nitrogen and oxygen atoms in total. The molecule has 0 saturated heterocycles. The van der Waals surface area contributed by atoms with Crippen molar-refractivity contribution in [2.45, 2.75) is 19.9 Å². The number of rotatable bonds is 2. The van der Waals surface area contributed by atoms with E-state index in [0.717, 1.165) is 16.5 Å². The van der Waals surface area contributed by atoms with Crippen LogP contribution in [0.4, 0.5) is 0 Å². The third-order valence-electron chi connectivity index (χ3n) is 2.64. The van der Waals surface area contributed by atoms with Gasteiger partial charge in [-0.15, -0.1) is 0 Å². The molecule has 1 aromatic carbocycles. The Bertz CT molecular complexity index is 562. The minimum atomic E-state index is 0.0778. The number of para-hydroxylation sites is 1. The summed E-state index contributed by atoms with van der Waals surface area (Å²) in [5.74, 6) is 0. The maximum atomic E-state index is 7.70. The minimum Gasteiger partial charge on any atom is -0.358 e. The predicted molar refractivity (Wildman–Crippen MR) is 59.6 cm³/mol. The van der Waals surface area contributed by atoms with Crippen LogP contribution < -0.4 is 5.55 Å². The highest BCUT2D eigenvalue weighted by atomic mass is 16.5. The molecule has 15 heavy (non-hydrogen) atoms. The van der Waals surface area contributed by atoms with E-state index < -0.39 is 0 Å². The standard InChI is InChI=1S/C12H14N2O/c1-8(2)9(3)14-11-7-5-4-6-10(11)12(13)15-14/h4-7,9,13H,1H2,2-3H3. The summed E-state index contributed by atoms with van der Waals surface area (Å²) in [5, 5.41) is 8.54. The Morgan fingerprint density at radius 1 is 1.47 bits per heavy atom. The lowest BCUT2D eigenvalue weighted by atomic mass is 10.2. The molecule has 0 radical (unpaired) electrons. The maximum Gasteiger partial charge on any atom is 0.248 e. The molecule has 1 atom stereocenters. The smallest absolute Gasteiger partial charge is 0.248 e. The number of nitrogens with one attached hydrogen (secondary N) is 1. The van der Waals surface area contributed by atoms with E-state index in [4.69, 9.17) is 9.93 Å². The summed E-state index contributed by atoms with van der Waals surface area (Å²) in [7, 11) is 0. The highest BCUT2D eigenvalue weighted by Crippen LogP contribution is 2.20. The molecule has 1 N–H and O–H groups in total. The number of aromatic nitrogens is 1. The van der Waals surface area contributed by atoms with Gasteiger partial charge in [-0.3, -0.25) is 5.41 Å². The first-order valence-corrected chi connectivity index (χ1v) is 4.92. The lowest BCUT2D eigenvalue weighted by Gasteiger charge is -2.11. The third-order valence-corrected chi connectivity index (χ3v) is 2.64. The second kappa shape index (κ2) is 3.42. The molecule has 1 unspecified atom stereocenters. The van der Waals surface area contributed by atoms with Gasteiger partial charge in [0.2, 0.25) is 5.55 Å². The zero-order valence-corrected chi connectivity index (χ0v) is 8.95. The Kier molecular flexibility index (Phi) is 2.23. The van der Waals surface area contributed by atoms with Crippen LogP contribution in [0.5, 0.6) is 0 Å². The van der Waals surface area contributed by atoms with Crippen molar-refractivity contribution in [2.24, 2.45) is 0 Å².